The zero-order valence-electron chi connectivity index (χ0n) is 14.5. The van der Waals surface area contributed by atoms with E-state index in [9.17, 15) is 4.79 Å². The molecule has 0 unspecified atom stereocenters. The lowest BCUT2D eigenvalue weighted by molar-refractivity contribution is -0.707. The number of ether oxygens (including phenoxy) is 1. The molecule has 1 aliphatic carbocycles. The summed E-state index contributed by atoms with van der Waals surface area (Å²) in [6.07, 6.45) is 9.10. The monoisotopic (exact) mass is 319 g/mol. The van der Waals surface area contributed by atoms with Crippen LogP contribution < -0.4 is 15.4 Å². The number of amides is 1. The van der Waals surface area contributed by atoms with Crippen LogP contribution in [0.3, 0.4) is 0 Å². The largest absolute Gasteiger partial charge is 0.492 e. The third-order valence-corrected chi connectivity index (χ3v) is 4.57. The fourth-order valence-electron chi connectivity index (χ4n) is 3.27. The number of quaternary nitrogens is 1. The average Bonchev–Trinajstić information content (AvgIpc) is 2.52. The van der Waals surface area contributed by atoms with Gasteiger partial charge in [-0.05, 0) is 51.7 Å². The quantitative estimate of drug-likeness (QED) is 0.846. The van der Waals surface area contributed by atoms with Crippen LogP contribution in [0.15, 0.2) is 24.3 Å². The molecule has 0 saturated heterocycles. The standard InChI is InChI=1S/C19H30N2O2/c1-3-23-18-14-10-9-13-17(18)21-19(22)15(2)20-16-11-7-5-4-6-8-12-16/h9-10,13-16,20H,3-8,11-12H2,1-2H3,(H,21,22)/p+1/t15-/m0/s1. The molecule has 1 aromatic rings. The first-order chi connectivity index (χ1) is 11.2. The molecule has 2 rings (SSSR count). The normalized spacial score (nSPS) is 17.8. The van der Waals surface area contributed by atoms with Gasteiger partial charge in [-0.15, -0.1) is 0 Å². The third kappa shape index (κ3) is 5.87. The van der Waals surface area contributed by atoms with Crippen LogP contribution in [-0.2, 0) is 4.79 Å². The molecule has 0 spiro atoms. The van der Waals surface area contributed by atoms with Gasteiger partial charge in [0.2, 0.25) is 0 Å². The van der Waals surface area contributed by atoms with Crippen molar-refractivity contribution in [3.05, 3.63) is 24.3 Å². The molecule has 1 amide bonds. The van der Waals surface area contributed by atoms with Gasteiger partial charge in [0.15, 0.2) is 6.04 Å². The van der Waals surface area contributed by atoms with Crippen LogP contribution in [-0.4, -0.2) is 24.6 Å². The molecule has 0 aliphatic heterocycles. The topological polar surface area (TPSA) is 54.9 Å². The Balaban J connectivity index is 1.89. The van der Waals surface area contributed by atoms with E-state index in [0.717, 1.165) is 11.4 Å². The van der Waals surface area contributed by atoms with Crippen molar-refractivity contribution in [1.82, 2.24) is 0 Å². The molecule has 1 aromatic carbocycles. The molecule has 0 bridgehead atoms. The van der Waals surface area contributed by atoms with Crippen molar-refractivity contribution in [3.8, 4) is 5.75 Å². The first-order valence-corrected chi connectivity index (χ1v) is 9.08. The summed E-state index contributed by atoms with van der Waals surface area (Å²) < 4.78 is 5.57. The number of nitrogens with one attached hydrogen (secondary N) is 1. The highest BCUT2D eigenvalue weighted by atomic mass is 16.5. The van der Waals surface area contributed by atoms with Crippen LogP contribution >= 0.6 is 0 Å². The fraction of sp³-hybridized carbons (Fsp3) is 0.632. The number of hydrogen-bond donors (Lipinski definition) is 2. The zero-order chi connectivity index (χ0) is 16.5. The zero-order valence-corrected chi connectivity index (χ0v) is 14.5. The van der Waals surface area contributed by atoms with Gasteiger partial charge in [-0.25, -0.2) is 0 Å². The summed E-state index contributed by atoms with van der Waals surface area (Å²) in [6, 6.07) is 8.13. The summed E-state index contributed by atoms with van der Waals surface area (Å²) >= 11 is 0. The number of carbonyl (C=O) groups is 1. The molecule has 0 heterocycles. The maximum absolute atomic E-state index is 12.5. The van der Waals surface area contributed by atoms with Crippen molar-refractivity contribution < 1.29 is 14.8 Å². The van der Waals surface area contributed by atoms with E-state index >= 15 is 0 Å². The van der Waals surface area contributed by atoms with E-state index in [1.54, 1.807) is 0 Å². The lowest BCUT2D eigenvalue weighted by Crippen LogP contribution is -2.96. The molecule has 4 heteroatoms. The molecule has 0 aromatic heterocycles. The molecule has 1 fully saturated rings. The van der Waals surface area contributed by atoms with Crippen LogP contribution in [0.25, 0.3) is 0 Å². The molecule has 128 valence electrons. The fourth-order valence-corrected chi connectivity index (χ4v) is 3.27. The number of nitrogens with two attached hydrogens (primary N) is 1. The minimum Gasteiger partial charge on any atom is -0.492 e. The first-order valence-electron chi connectivity index (χ1n) is 9.08. The van der Waals surface area contributed by atoms with Crippen LogP contribution in [0.4, 0.5) is 5.69 Å². The number of anilines is 1. The Morgan fingerprint density at radius 1 is 1.22 bits per heavy atom. The molecule has 0 radical (unpaired) electrons. The summed E-state index contributed by atoms with van der Waals surface area (Å²) in [5, 5.41) is 5.27. The van der Waals surface area contributed by atoms with Crippen molar-refractivity contribution in [2.45, 2.75) is 70.9 Å². The van der Waals surface area contributed by atoms with E-state index in [2.05, 4.69) is 10.6 Å². The van der Waals surface area contributed by atoms with Gasteiger partial charge >= 0.3 is 0 Å². The predicted molar refractivity (Wildman–Crippen MR) is 93.7 cm³/mol. The molecule has 1 aliphatic rings. The van der Waals surface area contributed by atoms with E-state index < -0.39 is 0 Å². The molecular formula is C19H31N2O2+. The van der Waals surface area contributed by atoms with Crippen molar-refractivity contribution in [2.24, 2.45) is 0 Å². The lowest BCUT2D eigenvalue weighted by Gasteiger charge is -2.22. The molecule has 3 N–H and O–H groups in total. The number of benzene rings is 1. The van der Waals surface area contributed by atoms with Gasteiger partial charge in [0.1, 0.15) is 5.75 Å². The van der Waals surface area contributed by atoms with Crippen molar-refractivity contribution in [1.29, 1.82) is 0 Å². The second-order valence-corrected chi connectivity index (χ2v) is 6.50. The van der Waals surface area contributed by atoms with Gasteiger partial charge in [-0.1, -0.05) is 31.4 Å². The van der Waals surface area contributed by atoms with E-state index in [-0.39, 0.29) is 11.9 Å². The second kappa shape index (κ2) is 9.56. The lowest BCUT2D eigenvalue weighted by atomic mass is 9.96. The van der Waals surface area contributed by atoms with Gasteiger partial charge in [0, 0.05) is 0 Å². The maximum atomic E-state index is 12.5. The Hall–Kier alpha value is -1.55. The Morgan fingerprint density at radius 2 is 1.87 bits per heavy atom. The Bertz CT molecular complexity index is 482. The van der Waals surface area contributed by atoms with Crippen LogP contribution in [0.2, 0.25) is 0 Å². The van der Waals surface area contributed by atoms with Crippen LogP contribution in [0, 0.1) is 0 Å². The first kappa shape index (κ1) is 17.8. The smallest absolute Gasteiger partial charge is 0.282 e. The third-order valence-electron chi connectivity index (χ3n) is 4.57. The second-order valence-electron chi connectivity index (χ2n) is 6.50. The Kier molecular flexibility index (Phi) is 7.40. The van der Waals surface area contributed by atoms with Crippen molar-refractivity contribution in [3.63, 3.8) is 0 Å². The number of rotatable bonds is 6. The highest BCUT2D eigenvalue weighted by Crippen LogP contribution is 2.23. The summed E-state index contributed by atoms with van der Waals surface area (Å²) in [7, 11) is 0. The van der Waals surface area contributed by atoms with E-state index in [1.165, 1.54) is 44.9 Å². The molecule has 23 heavy (non-hydrogen) atoms. The van der Waals surface area contributed by atoms with E-state index in [4.69, 9.17) is 4.74 Å². The van der Waals surface area contributed by atoms with Gasteiger partial charge in [0.25, 0.3) is 5.91 Å². The Labute approximate surface area is 140 Å². The molecule has 1 saturated carbocycles. The highest BCUT2D eigenvalue weighted by molar-refractivity contribution is 5.94. The van der Waals surface area contributed by atoms with Gasteiger partial charge < -0.3 is 15.4 Å². The van der Waals surface area contributed by atoms with Crippen molar-refractivity contribution >= 4 is 11.6 Å². The van der Waals surface area contributed by atoms with E-state index in [0.29, 0.717) is 12.6 Å². The van der Waals surface area contributed by atoms with Crippen LogP contribution in [0.1, 0.15) is 58.8 Å². The van der Waals surface area contributed by atoms with E-state index in [1.807, 2.05) is 38.1 Å². The van der Waals surface area contributed by atoms with Gasteiger partial charge in [-0.2, -0.15) is 0 Å². The number of carbonyl (C=O) groups excluding carboxylic acids is 1. The summed E-state index contributed by atoms with van der Waals surface area (Å²) in [5.74, 6) is 0.792. The maximum Gasteiger partial charge on any atom is 0.282 e. The summed E-state index contributed by atoms with van der Waals surface area (Å²) in [6.45, 7) is 4.54. The highest BCUT2D eigenvalue weighted by Gasteiger charge is 2.23. The predicted octanol–water partition coefficient (Wildman–Crippen LogP) is 3.09. The van der Waals surface area contributed by atoms with Gasteiger partial charge in [0.05, 0.1) is 18.3 Å². The van der Waals surface area contributed by atoms with Crippen LogP contribution in [0.5, 0.6) is 5.75 Å². The van der Waals surface area contributed by atoms with Crippen molar-refractivity contribution in [2.75, 3.05) is 11.9 Å². The molecule has 1 atom stereocenters. The molecular weight excluding hydrogens is 288 g/mol. The Morgan fingerprint density at radius 3 is 2.57 bits per heavy atom. The average molecular weight is 319 g/mol. The molecule has 4 nitrogen and oxygen atoms in total. The minimum absolute atomic E-state index is 0.0548. The van der Waals surface area contributed by atoms with Gasteiger partial charge in [-0.3, -0.25) is 4.79 Å². The number of para-hydroxylation sites is 2. The summed E-state index contributed by atoms with van der Waals surface area (Å²) in [5.41, 5.74) is 0.761. The number of hydrogen-bond acceptors (Lipinski definition) is 2. The minimum atomic E-state index is -0.0749. The SMILES string of the molecule is CCOc1ccccc1NC(=O)[C@H](C)[NH2+]C1CCCCCCC1. The summed E-state index contributed by atoms with van der Waals surface area (Å²) in [4.78, 5) is 12.5.